The zero-order valence-electron chi connectivity index (χ0n) is 9.63. The van der Waals surface area contributed by atoms with Gasteiger partial charge in [0.15, 0.2) is 0 Å². The highest BCUT2D eigenvalue weighted by Gasteiger charge is 2.10. The number of nitrogens with zero attached hydrogens (tertiary/aromatic N) is 3. The minimum Gasteiger partial charge on any atom is -0.347 e. The summed E-state index contributed by atoms with van der Waals surface area (Å²) in [6, 6.07) is 3.72. The fraction of sp³-hybridized carbons (Fsp3) is 0.250. The first-order chi connectivity index (χ1) is 8.25. The molecule has 0 bridgehead atoms. The molecule has 0 aliphatic carbocycles. The van der Waals surface area contributed by atoms with Gasteiger partial charge in [0, 0.05) is 31.8 Å². The standard InChI is InChI=1S/C12H14N4O/c1-16(9-11-14-5-6-15-11)12(17)7-10-3-2-4-13-8-10/h2-6,8H,7,9H2,1H3,(H,14,15). The minimum atomic E-state index is 0.0504. The van der Waals surface area contributed by atoms with Gasteiger partial charge in [0.05, 0.1) is 13.0 Å². The molecule has 1 amide bonds. The predicted octanol–water partition coefficient (Wildman–Crippen LogP) is 1.01. The van der Waals surface area contributed by atoms with E-state index < -0.39 is 0 Å². The molecule has 0 atom stereocenters. The second kappa shape index (κ2) is 5.25. The summed E-state index contributed by atoms with van der Waals surface area (Å²) in [6.45, 7) is 0.492. The maximum atomic E-state index is 11.9. The van der Waals surface area contributed by atoms with E-state index in [0.29, 0.717) is 13.0 Å². The Morgan fingerprint density at radius 1 is 1.47 bits per heavy atom. The van der Waals surface area contributed by atoms with Gasteiger partial charge in [0.1, 0.15) is 5.82 Å². The molecule has 2 aromatic heterocycles. The summed E-state index contributed by atoms with van der Waals surface area (Å²) in [7, 11) is 1.77. The van der Waals surface area contributed by atoms with Crippen molar-refractivity contribution in [2.45, 2.75) is 13.0 Å². The third kappa shape index (κ3) is 3.14. The van der Waals surface area contributed by atoms with Crippen LogP contribution >= 0.6 is 0 Å². The third-order valence-electron chi connectivity index (χ3n) is 2.45. The van der Waals surface area contributed by atoms with Crippen molar-refractivity contribution in [3.63, 3.8) is 0 Å². The summed E-state index contributed by atoms with van der Waals surface area (Å²) >= 11 is 0. The van der Waals surface area contributed by atoms with E-state index in [1.54, 1.807) is 36.7 Å². The number of hydrogen-bond donors (Lipinski definition) is 1. The number of pyridine rings is 1. The maximum Gasteiger partial charge on any atom is 0.227 e. The first-order valence-corrected chi connectivity index (χ1v) is 5.37. The molecular weight excluding hydrogens is 216 g/mol. The van der Waals surface area contributed by atoms with E-state index in [-0.39, 0.29) is 5.91 Å². The average molecular weight is 230 g/mol. The number of amides is 1. The fourth-order valence-electron chi connectivity index (χ4n) is 1.51. The van der Waals surface area contributed by atoms with Gasteiger partial charge in [-0.15, -0.1) is 0 Å². The van der Waals surface area contributed by atoms with Crippen molar-refractivity contribution >= 4 is 5.91 Å². The van der Waals surface area contributed by atoms with Crippen LogP contribution in [0.3, 0.4) is 0 Å². The molecule has 0 aromatic carbocycles. The van der Waals surface area contributed by atoms with Crippen molar-refractivity contribution in [3.05, 3.63) is 48.3 Å². The topological polar surface area (TPSA) is 61.9 Å². The molecule has 0 radical (unpaired) electrons. The molecule has 0 spiro atoms. The number of aromatic nitrogens is 3. The first kappa shape index (κ1) is 11.3. The summed E-state index contributed by atoms with van der Waals surface area (Å²) in [6.07, 6.45) is 7.19. The van der Waals surface area contributed by atoms with Gasteiger partial charge in [-0.25, -0.2) is 4.98 Å². The molecule has 5 nitrogen and oxygen atoms in total. The van der Waals surface area contributed by atoms with Crippen molar-refractivity contribution < 1.29 is 4.79 Å². The Kier molecular flexibility index (Phi) is 3.49. The number of carbonyl (C=O) groups is 1. The van der Waals surface area contributed by atoms with Crippen LogP contribution in [0.5, 0.6) is 0 Å². The number of nitrogens with one attached hydrogen (secondary N) is 1. The lowest BCUT2D eigenvalue weighted by molar-refractivity contribution is -0.129. The highest BCUT2D eigenvalue weighted by molar-refractivity contribution is 5.78. The molecule has 0 saturated heterocycles. The molecule has 2 rings (SSSR count). The number of H-pyrrole nitrogens is 1. The SMILES string of the molecule is CN(Cc1ncc[nH]1)C(=O)Cc1cccnc1. The molecule has 0 saturated carbocycles. The van der Waals surface area contributed by atoms with Crippen LogP contribution in [0, 0.1) is 0 Å². The van der Waals surface area contributed by atoms with Gasteiger partial charge in [0.25, 0.3) is 0 Å². The van der Waals surface area contributed by atoms with Gasteiger partial charge in [-0.2, -0.15) is 0 Å². The van der Waals surface area contributed by atoms with Crippen LogP contribution in [0.4, 0.5) is 0 Å². The molecule has 0 unspecified atom stereocenters. The van der Waals surface area contributed by atoms with E-state index in [2.05, 4.69) is 15.0 Å². The molecule has 88 valence electrons. The van der Waals surface area contributed by atoms with E-state index in [4.69, 9.17) is 0 Å². The molecular formula is C12H14N4O. The van der Waals surface area contributed by atoms with Gasteiger partial charge in [-0.3, -0.25) is 9.78 Å². The van der Waals surface area contributed by atoms with Gasteiger partial charge in [-0.1, -0.05) is 6.07 Å². The molecule has 0 aliphatic rings. The van der Waals surface area contributed by atoms with Gasteiger partial charge >= 0.3 is 0 Å². The summed E-state index contributed by atoms with van der Waals surface area (Å²) in [5.74, 6) is 0.835. The predicted molar refractivity (Wildman–Crippen MR) is 63.0 cm³/mol. The van der Waals surface area contributed by atoms with Gasteiger partial charge in [-0.05, 0) is 11.6 Å². The lowest BCUT2D eigenvalue weighted by Crippen LogP contribution is -2.28. The molecule has 0 aliphatic heterocycles. The van der Waals surface area contributed by atoms with Crippen molar-refractivity contribution in [1.29, 1.82) is 0 Å². The molecule has 2 heterocycles. The van der Waals surface area contributed by atoms with Crippen LogP contribution in [-0.4, -0.2) is 32.8 Å². The number of aromatic amines is 1. The van der Waals surface area contributed by atoms with E-state index in [0.717, 1.165) is 11.4 Å². The van der Waals surface area contributed by atoms with Crippen molar-refractivity contribution in [2.24, 2.45) is 0 Å². The van der Waals surface area contributed by atoms with Crippen LogP contribution < -0.4 is 0 Å². The van der Waals surface area contributed by atoms with Gasteiger partial charge in [0.2, 0.25) is 5.91 Å². The Morgan fingerprint density at radius 2 is 2.35 bits per heavy atom. The zero-order chi connectivity index (χ0) is 12.1. The number of likely N-dealkylation sites (N-methyl/N-ethyl adjacent to an activating group) is 1. The lowest BCUT2D eigenvalue weighted by Gasteiger charge is -2.15. The van der Waals surface area contributed by atoms with E-state index >= 15 is 0 Å². The highest BCUT2D eigenvalue weighted by atomic mass is 16.2. The molecule has 0 fully saturated rings. The third-order valence-corrected chi connectivity index (χ3v) is 2.45. The molecule has 17 heavy (non-hydrogen) atoms. The van der Waals surface area contributed by atoms with Crippen LogP contribution in [0.25, 0.3) is 0 Å². The normalized spacial score (nSPS) is 10.2. The maximum absolute atomic E-state index is 11.9. The Hall–Kier alpha value is -2.17. The monoisotopic (exact) mass is 230 g/mol. The van der Waals surface area contributed by atoms with E-state index in [1.165, 1.54) is 0 Å². The van der Waals surface area contributed by atoms with Crippen molar-refractivity contribution in [2.75, 3.05) is 7.05 Å². The lowest BCUT2D eigenvalue weighted by atomic mass is 10.2. The van der Waals surface area contributed by atoms with Crippen LogP contribution in [0.1, 0.15) is 11.4 Å². The zero-order valence-corrected chi connectivity index (χ0v) is 9.63. The minimum absolute atomic E-state index is 0.0504. The van der Waals surface area contributed by atoms with E-state index in [1.807, 2.05) is 12.1 Å². The first-order valence-electron chi connectivity index (χ1n) is 5.37. The Labute approximate surface area is 99.5 Å². The van der Waals surface area contributed by atoms with Gasteiger partial charge < -0.3 is 9.88 Å². The summed E-state index contributed by atoms with van der Waals surface area (Å²) < 4.78 is 0. The van der Waals surface area contributed by atoms with Crippen LogP contribution in [0.15, 0.2) is 36.9 Å². The summed E-state index contributed by atoms with van der Waals surface area (Å²) in [5, 5.41) is 0. The fourth-order valence-corrected chi connectivity index (χ4v) is 1.51. The Morgan fingerprint density at radius 3 is 3.00 bits per heavy atom. The van der Waals surface area contributed by atoms with E-state index in [9.17, 15) is 4.79 Å². The summed E-state index contributed by atoms with van der Waals surface area (Å²) in [5.41, 5.74) is 0.920. The molecule has 5 heteroatoms. The number of carbonyl (C=O) groups excluding carboxylic acids is 1. The molecule has 2 aromatic rings. The number of hydrogen-bond acceptors (Lipinski definition) is 3. The van der Waals surface area contributed by atoms with Crippen molar-refractivity contribution in [1.82, 2.24) is 19.9 Å². The smallest absolute Gasteiger partial charge is 0.227 e. The largest absolute Gasteiger partial charge is 0.347 e. The molecule has 1 N–H and O–H groups in total. The average Bonchev–Trinajstić information content (AvgIpc) is 2.83. The van der Waals surface area contributed by atoms with Crippen LogP contribution in [0.2, 0.25) is 0 Å². The summed E-state index contributed by atoms with van der Waals surface area (Å²) in [4.78, 5) is 24.6. The van der Waals surface area contributed by atoms with Crippen molar-refractivity contribution in [3.8, 4) is 0 Å². The number of imidazole rings is 1. The van der Waals surface area contributed by atoms with Crippen LogP contribution in [-0.2, 0) is 17.8 Å². The quantitative estimate of drug-likeness (QED) is 0.852. The number of rotatable bonds is 4. The highest BCUT2D eigenvalue weighted by Crippen LogP contribution is 2.02. The second-order valence-corrected chi connectivity index (χ2v) is 3.82. The Bertz CT molecular complexity index is 467. The second-order valence-electron chi connectivity index (χ2n) is 3.82. The Balaban J connectivity index is 1.92.